The van der Waals surface area contributed by atoms with Gasteiger partial charge in [0.15, 0.2) is 0 Å². The normalized spacial score (nSPS) is 26.1. The molecule has 0 heterocycles. The van der Waals surface area contributed by atoms with Gasteiger partial charge in [-0.05, 0) is 49.6 Å². The van der Waals surface area contributed by atoms with E-state index in [0.717, 1.165) is 5.92 Å². The first-order chi connectivity index (χ1) is 8.20. The summed E-state index contributed by atoms with van der Waals surface area (Å²) >= 11 is 1.80. The van der Waals surface area contributed by atoms with Gasteiger partial charge in [-0.2, -0.15) is 0 Å². The van der Waals surface area contributed by atoms with Crippen molar-refractivity contribution in [3.63, 3.8) is 0 Å². The van der Waals surface area contributed by atoms with Crippen molar-refractivity contribution in [2.45, 2.75) is 50.1 Å². The van der Waals surface area contributed by atoms with E-state index in [1.165, 1.54) is 29.7 Å². The standard InChI is InChI=1S/C15H23NS/c1-11-5-4-6-15(11)16-12(2)13-7-9-14(17-3)10-8-13/h7-12,15-16H,4-6H2,1-3H3. The molecule has 17 heavy (non-hydrogen) atoms. The van der Waals surface area contributed by atoms with Crippen LogP contribution in [0.5, 0.6) is 0 Å². The van der Waals surface area contributed by atoms with Gasteiger partial charge in [-0.3, -0.25) is 0 Å². The van der Waals surface area contributed by atoms with Crippen LogP contribution in [0.3, 0.4) is 0 Å². The summed E-state index contributed by atoms with van der Waals surface area (Å²) < 4.78 is 0. The monoisotopic (exact) mass is 249 g/mol. The minimum absolute atomic E-state index is 0.469. The van der Waals surface area contributed by atoms with Crippen molar-refractivity contribution in [2.75, 3.05) is 6.26 Å². The van der Waals surface area contributed by atoms with E-state index in [9.17, 15) is 0 Å². The molecule has 1 N–H and O–H groups in total. The number of hydrogen-bond donors (Lipinski definition) is 1. The number of hydrogen-bond acceptors (Lipinski definition) is 2. The fraction of sp³-hybridized carbons (Fsp3) is 0.600. The van der Waals surface area contributed by atoms with Crippen molar-refractivity contribution < 1.29 is 0 Å². The van der Waals surface area contributed by atoms with E-state index in [1.807, 2.05) is 0 Å². The first-order valence-corrected chi connectivity index (χ1v) is 7.83. The van der Waals surface area contributed by atoms with Crippen LogP contribution >= 0.6 is 11.8 Å². The van der Waals surface area contributed by atoms with E-state index in [4.69, 9.17) is 0 Å². The summed E-state index contributed by atoms with van der Waals surface area (Å²) in [5.41, 5.74) is 1.40. The van der Waals surface area contributed by atoms with Crippen LogP contribution in [0.4, 0.5) is 0 Å². The lowest BCUT2D eigenvalue weighted by Gasteiger charge is -2.23. The lowest BCUT2D eigenvalue weighted by atomic mass is 10.0. The highest BCUT2D eigenvalue weighted by molar-refractivity contribution is 7.98. The second-order valence-electron chi connectivity index (χ2n) is 5.18. The van der Waals surface area contributed by atoms with E-state index in [2.05, 4.69) is 49.7 Å². The Morgan fingerprint density at radius 2 is 1.94 bits per heavy atom. The fourth-order valence-corrected chi connectivity index (χ4v) is 3.11. The van der Waals surface area contributed by atoms with Gasteiger partial charge in [0.1, 0.15) is 0 Å². The Bertz CT molecular complexity index is 346. The molecule has 1 aromatic carbocycles. The average Bonchev–Trinajstić information content (AvgIpc) is 2.75. The highest BCUT2D eigenvalue weighted by atomic mass is 32.2. The van der Waals surface area contributed by atoms with Gasteiger partial charge in [0.25, 0.3) is 0 Å². The summed E-state index contributed by atoms with van der Waals surface area (Å²) in [6.07, 6.45) is 6.23. The van der Waals surface area contributed by atoms with E-state index in [0.29, 0.717) is 12.1 Å². The first kappa shape index (κ1) is 13.0. The van der Waals surface area contributed by atoms with Crippen LogP contribution in [0.1, 0.15) is 44.7 Å². The molecule has 1 saturated carbocycles. The Morgan fingerprint density at radius 3 is 2.47 bits per heavy atom. The maximum atomic E-state index is 3.78. The Morgan fingerprint density at radius 1 is 1.24 bits per heavy atom. The molecule has 3 atom stereocenters. The van der Waals surface area contributed by atoms with Crippen molar-refractivity contribution in [1.82, 2.24) is 5.32 Å². The molecule has 0 aliphatic heterocycles. The Labute approximate surface area is 109 Å². The van der Waals surface area contributed by atoms with Gasteiger partial charge in [0.05, 0.1) is 0 Å². The third-order valence-corrected chi connectivity index (χ3v) is 4.68. The largest absolute Gasteiger partial charge is 0.307 e. The fourth-order valence-electron chi connectivity index (χ4n) is 2.70. The molecule has 0 saturated heterocycles. The van der Waals surface area contributed by atoms with Gasteiger partial charge in [-0.1, -0.05) is 25.5 Å². The molecule has 0 radical (unpaired) electrons. The van der Waals surface area contributed by atoms with Gasteiger partial charge in [0, 0.05) is 17.0 Å². The van der Waals surface area contributed by atoms with Crippen molar-refractivity contribution >= 4 is 11.8 Å². The zero-order valence-corrected chi connectivity index (χ0v) is 11.9. The van der Waals surface area contributed by atoms with Crippen LogP contribution in [0.2, 0.25) is 0 Å². The molecule has 94 valence electrons. The first-order valence-electron chi connectivity index (χ1n) is 6.60. The summed E-state index contributed by atoms with van der Waals surface area (Å²) in [6.45, 7) is 4.65. The average molecular weight is 249 g/mol. The minimum Gasteiger partial charge on any atom is -0.307 e. The molecular formula is C15H23NS. The van der Waals surface area contributed by atoms with Crippen LogP contribution in [0.15, 0.2) is 29.2 Å². The number of thioether (sulfide) groups is 1. The van der Waals surface area contributed by atoms with Crippen molar-refractivity contribution in [3.05, 3.63) is 29.8 Å². The van der Waals surface area contributed by atoms with Gasteiger partial charge >= 0.3 is 0 Å². The highest BCUT2D eigenvalue weighted by Gasteiger charge is 2.24. The SMILES string of the molecule is CSc1ccc(C(C)NC2CCCC2C)cc1. The molecule has 0 amide bonds. The maximum absolute atomic E-state index is 3.78. The molecule has 1 aromatic rings. The number of benzene rings is 1. The van der Waals surface area contributed by atoms with E-state index < -0.39 is 0 Å². The van der Waals surface area contributed by atoms with Crippen LogP contribution < -0.4 is 5.32 Å². The molecule has 2 heteroatoms. The predicted molar refractivity (Wildman–Crippen MR) is 76.6 cm³/mol. The van der Waals surface area contributed by atoms with Crippen LogP contribution in [0.25, 0.3) is 0 Å². The molecule has 0 bridgehead atoms. The van der Waals surface area contributed by atoms with Crippen molar-refractivity contribution in [2.24, 2.45) is 5.92 Å². The lowest BCUT2D eigenvalue weighted by Crippen LogP contribution is -2.33. The molecule has 0 spiro atoms. The second kappa shape index (κ2) is 5.92. The highest BCUT2D eigenvalue weighted by Crippen LogP contribution is 2.27. The predicted octanol–water partition coefficient (Wildman–Crippen LogP) is 4.25. The third kappa shape index (κ3) is 3.26. The molecule has 2 rings (SSSR count). The van der Waals surface area contributed by atoms with Crippen LogP contribution in [-0.2, 0) is 0 Å². The number of nitrogens with one attached hydrogen (secondary N) is 1. The zero-order valence-electron chi connectivity index (χ0n) is 11.1. The molecule has 1 nitrogen and oxygen atoms in total. The molecule has 3 unspecified atom stereocenters. The summed E-state index contributed by atoms with van der Waals surface area (Å²) in [7, 11) is 0. The van der Waals surface area contributed by atoms with Gasteiger partial charge in [0.2, 0.25) is 0 Å². The van der Waals surface area contributed by atoms with Crippen molar-refractivity contribution in [3.8, 4) is 0 Å². The summed E-state index contributed by atoms with van der Waals surface area (Å²) in [6, 6.07) is 10.1. The van der Waals surface area contributed by atoms with Gasteiger partial charge in [-0.25, -0.2) is 0 Å². The van der Waals surface area contributed by atoms with Crippen molar-refractivity contribution in [1.29, 1.82) is 0 Å². The Balaban J connectivity index is 1.96. The summed E-state index contributed by atoms with van der Waals surface area (Å²) in [4.78, 5) is 1.34. The summed E-state index contributed by atoms with van der Waals surface area (Å²) in [5.74, 6) is 0.836. The molecule has 1 aliphatic carbocycles. The third-order valence-electron chi connectivity index (χ3n) is 3.94. The van der Waals surface area contributed by atoms with Gasteiger partial charge in [-0.15, -0.1) is 11.8 Å². The Hall–Kier alpha value is -0.470. The maximum Gasteiger partial charge on any atom is 0.0294 e. The van der Waals surface area contributed by atoms with Crippen LogP contribution in [-0.4, -0.2) is 12.3 Å². The van der Waals surface area contributed by atoms with E-state index in [1.54, 1.807) is 11.8 Å². The second-order valence-corrected chi connectivity index (χ2v) is 6.06. The molecule has 1 fully saturated rings. The smallest absolute Gasteiger partial charge is 0.0294 e. The lowest BCUT2D eigenvalue weighted by molar-refractivity contribution is 0.388. The number of rotatable bonds is 4. The van der Waals surface area contributed by atoms with E-state index in [-0.39, 0.29) is 0 Å². The summed E-state index contributed by atoms with van der Waals surface area (Å²) in [5, 5.41) is 3.78. The quantitative estimate of drug-likeness (QED) is 0.801. The van der Waals surface area contributed by atoms with Crippen LogP contribution in [0, 0.1) is 5.92 Å². The topological polar surface area (TPSA) is 12.0 Å². The molecule has 1 aliphatic rings. The van der Waals surface area contributed by atoms with E-state index >= 15 is 0 Å². The molecule has 0 aromatic heterocycles. The molecular weight excluding hydrogens is 226 g/mol. The Kier molecular flexibility index (Phi) is 4.52. The zero-order chi connectivity index (χ0) is 12.3. The minimum atomic E-state index is 0.469. The van der Waals surface area contributed by atoms with Gasteiger partial charge < -0.3 is 5.32 Å².